The Morgan fingerprint density at radius 3 is 1.41 bits per heavy atom. The number of ether oxygens (including phenoxy) is 1. The van der Waals surface area contributed by atoms with E-state index in [1.807, 2.05) is 74.6 Å². The molecule has 0 aromatic carbocycles. The van der Waals surface area contributed by atoms with E-state index in [-0.39, 0.29) is 0 Å². The molecule has 0 atom stereocenters. The molecule has 0 saturated carbocycles. The van der Waals surface area contributed by atoms with Gasteiger partial charge in [-0.2, -0.15) is 0 Å². The maximum Gasteiger partial charge on any atom is 0.127 e. The molecule has 0 heterocycles. The Bertz CT molecular complexity index is 552. The molecule has 0 amide bonds. The molecule has 1 nitrogen and oxygen atoms in total. The molecule has 0 unspecified atom stereocenters. The van der Waals surface area contributed by atoms with Gasteiger partial charge in [-0.25, -0.2) is 0 Å². The summed E-state index contributed by atoms with van der Waals surface area (Å²) in [7, 11) is 0. The summed E-state index contributed by atoms with van der Waals surface area (Å²) in [6.45, 7) is 8.48. The van der Waals surface area contributed by atoms with Crippen LogP contribution in [0.15, 0.2) is 96.6 Å². The molecule has 0 rings (SSSR count). The molecule has 0 aromatic heterocycles. The van der Waals surface area contributed by atoms with Crippen molar-refractivity contribution in [2.24, 2.45) is 0 Å². The van der Waals surface area contributed by atoms with Crippen LogP contribution in [0.25, 0.3) is 0 Å². The van der Waals surface area contributed by atoms with E-state index in [0.717, 1.165) is 24.4 Å². The highest BCUT2D eigenvalue weighted by atomic mass is 16.5. The van der Waals surface area contributed by atoms with Gasteiger partial charge in [0.1, 0.15) is 11.5 Å². The lowest BCUT2D eigenvalue weighted by Crippen LogP contribution is -1.88. The van der Waals surface area contributed by atoms with E-state index in [2.05, 4.69) is 38.2 Å². The number of hydrogen-bond acceptors (Lipinski definition) is 1. The van der Waals surface area contributed by atoms with Crippen LogP contribution < -0.4 is 0 Å². The third-order valence-electron chi connectivity index (χ3n) is 4.11. The zero-order valence-corrected chi connectivity index (χ0v) is 19.1. The summed E-state index contributed by atoms with van der Waals surface area (Å²) < 4.78 is 6.18. The Balaban J connectivity index is 5.22. The average molecular weight is 395 g/mol. The van der Waals surface area contributed by atoms with Gasteiger partial charge in [-0.3, -0.25) is 0 Å². The van der Waals surface area contributed by atoms with E-state index in [0.29, 0.717) is 0 Å². The van der Waals surface area contributed by atoms with E-state index in [4.69, 9.17) is 4.74 Å². The summed E-state index contributed by atoms with van der Waals surface area (Å²) in [6, 6.07) is 0. The zero-order chi connectivity index (χ0) is 21.4. The van der Waals surface area contributed by atoms with E-state index < -0.39 is 0 Å². The predicted octanol–water partition coefficient (Wildman–Crippen LogP) is 9.31. The summed E-state index contributed by atoms with van der Waals surface area (Å²) in [4.78, 5) is 0. The summed E-state index contributed by atoms with van der Waals surface area (Å²) in [6.07, 6.45) is 38.5. The van der Waals surface area contributed by atoms with Crippen LogP contribution in [-0.2, 0) is 4.74 Å². The van der Waals surface area contributed by atoms with E-state index in [9.17, 15) is 0 Å². The van der Waals surface area contributed by atoms with Crippen LogP contribution in [0.1, 0.15) is 79.1 Å². The van der Waals surface area contributed by atoms with Crippen LogP contribution in [0.2, 0.25) is 0 Å². The largest absolute Gasteiger partial charge is 0.457 e. The van der Waals surface area contributed by atoms with Crippen LogP contribution in [-0.4, -0.2) is 0 Å². The van der Waals surface area contributed by atoms with Crippen molar-refractivity contribution in [1.82, 2.24) is 0 Å². The molecule has 0 fully saturated rings. The monoisotopic (exact) mass is 394 g/mol. The highest BCUT2D eigenvalue weighted by Gasteiger charge is 1.96. The fraction of sp³-hybridized carbons (Fsp3) is 0.429. The van der Waals surface area contributed by atoms with Crippen LogP contribution in [0.5, 0.6) is 0 Å². The van der Waals surface area contributed by atoms with E-state index in [1.54, 1.807) is 0 Å². The highest BCUT2D eigenvalue weighted by molar-refractivity contribution is 5.28. The molecule has 29 heavy (non-hydrogen) atoms. The molecule has 160 valence electrons. The van der Waals surface area contributed by atoms with Gasteiger partial charge in [0, 0.05) is 0 Å². The summed E-state index contributed by atoms with van der Waals surface area (Å²) in [5.41, 5.74) is 0. The predicted molar refractivity (Wildman–Crippen MR) is 132 cm³/mol. The van der Waals surface area contributed by atoms with Crippen LogP contribution >= 0.6 is 0 Å². The van der Waals surface area contributed by atoms with Gasteiger partial charge < -0.3 is 4.74 Å². The molecule has 0 aromatic rings. The van der Waals surface area contributed by atoms with Gasteiger partial charge in [0.15, 0.2) is 0 Å². The Morgan fingerprint density at radius 2 is 1.03 bits per heavy atom. The van der Waals surface area contributed by atoms with Gasteiger partial charge in [-0.1, -0.05) is 100 Å². The molecular weight excluding hydrogens is 352 g/mol. The molecule has 0 saturated heterocycles. The molecule has 0 radical (unpaired) electrons. The minimum Gasteiger partial charge on any atom is -0.457 e. The SMILES string of the molecule is CC=CC=CC(=CC=CCCCCC)OC(C=CC=CC)=CC=CCCCCC. The number of rotatable bonds is 16. The molecule has 0 aliphatic heterocycles. The van der Waals surface area contributed by atoms with Gasteiger partial charge >= 0.3 is 0 Å². The molecule has 1 heteroatoms. The molecule has 0 N–H and O–H groups in total. The van der Waals surface area contributed by atoms with Gasteiger partial charge in [0.2, 0.25) is 0 Å². The average Bonchev–Trinajstić information content (AvgIpc) is 2.72. The Kier molecular flexibility index (Phi) is 20.3. The molecule has 0 aliphatic carbocycles. The summed E-state index contributed by atoms with van der Waals surface area (Å²) in [5, 5.41) is 0. The highest BCUT2D eigenvalue weighted by Crippen LogP contribution is 2.12. The quantitative estimate of drug-likeness (QED) is 0.144. The first kappa shape index (κ1) is 26.7. The Morgan fingerprint density at radius 1 is 0.586 bits per heavy atom. The number of allylic oxidation sites excluding steroid dienone is 14. The maximum absolute atomic E-state index is 6.18. The third kappa shape index (κ3) is 18.8. The van der Waals surface area contributed by atoms with Gasteiger partial charge in [0.05, 0.1) is 0 Å². The van der Waals surface area contributed by atoms with Crippen LogP contribution in [0.4, 0.5) is 0 Å². The molecule has 0 bridgehead atoms. The second-order valence-electron chi connectivity index (χ2n) is 6.86. The molecule has 0 aliphatic rings. The van der Waals surface area contributed by atoms with Crippen molar-refractivity contribution in [2.45, 2.75) is 79.1 Å². The topological polar surface area (TPSA) is 9.23 Å². The standard InChI is InChI=1S/C28H42O/c1-5-9-13-15-17-21-25-27(23-19-11-7-3)29-28(24-20-12-8-4)26-22-18-16-14-10-6-2/h7-8,11-12,17-26H,5-6,9-10,13-16H2,1-4H3. The lowest BCUT2D eigenvalue weighted by Gasteiger charge is -2.06. The summed E-state index contributed by atoms with van der Waals surface area (Å²) >= 11 is 0. The minimum absolute atomic E-state index is 0.825. The second-order valence-corrected chi connectivity index (χ2v) is 6.86. The van der Waals surface area contributed by atoms with Crippen LogP contribution in [0, 0.1) is 0 Å². The molecular formula is C28H42O. The number of hydrogen-bond donors (Lipinski definition) is 0. The fourth-order valence-corrected chi connectivity index (χ4v) is 2.45. The van der Waals surface area contributed by atoms with E-state index in [1.165, 1.54) is 38.5 Å². The first-order valence-electron chi connectivity index (χ1n) is 11.3. The van der Waals surface area contributed by atoms with Gasteiger partial charge in [-0.15, -0.1) is 0 Å². The Labute approximate surface area is 180 Å². The van der Waals surface area contributed by atoms with E-state index >= 15 is 0 Å². The van der Waals surface area contributed by atoms with Crippen molar-refractivity contribution in [3.8, 4) is 0 Å². The fourth-order valence-electron chi connectivity index (χ4n) is 2.45. The first-order chi connectivity index (χ1) is 14.3. The zero-order valence-electron chi connectivity index (χ0n) is 19.1. The smallest absolute Gasteiger partial charge is 0.127 e. The molecule has 0 spiro atoms. The van der Waals surface area contributed by atoms with Crippen molar-refractivity contribution in [3.05, 3.63) is 96.6 Å². The third-order valence-corrected chi connectivity index (χ3v) is 4.11. The second kappa shape index (κ2) is 22.0. The van der Waals surface area contributed by atoms with Crippen molar-refractivity contribution in [3.63, 3.8) is 0 Å². The lowest BCUT2D eigenvalue weighted by atomic mass is 10.2. The van der Waals surface area contributed by atoms with Crippen molar-refractivity contribution < 1.29 is 4.74 Å². The van der Waals surface area contributed by atoms with Crippen LogP contribution in [0.3, 0.4) is 0 Å². The normalized spacial score (nSPS) is 14.2. The Hall–Kier alpha value is -2.28. The van der Waals surface area contributed by atoms with Crippen molar-refractivity contribution in [2.75, 3.05) is 0 Å². The first-order valence-corrected chi connectivity index (χ1v) is 11.3. The lowest BCUT2D eigenvalue weighted by molar-refractivity contribution is 0.336. The van der Waals surface area contributed by atoms with Crippen molar-refractivity contribution >= 4 is 0 Å². The maximum atomic E-state index is 6.18. The van der Waals surface area contributed by atoms with Gasteiger partial charge in [0.25, 0.3) is 0 Å². The minimum atomic E-state index is 0.825. The number of unbranched alkanes of at least 4 members (excludes halogenated alkanes) is 6. The van der Waals surface area contributed by atoms with Gasteiger partial charge in [-0.05, 0) is 63.8 Å². The van der Waals surface area contributed by atoms with Crippen molar-refractivity contribution in [1.29, 1.82) is 0 Å². The summed E-state index contributed by atoms with van der Waals surface area (Å²) in [5.74, 6) is 1.65.